The molecular formula is C25H30ClN3O3. The van der Waals surface area contributed by atoms with Gasteiger partial charge in [0, 0.05) is 10.4 Å². The van der Waals surface area contributed by atoms with Crippen molar-refractivity contribution in [2.45, 2.75) is 51.7 Å². The lowest BCUT2D eigenvalue weighted by Gasteiger charge is -2.15. The molecule has 0 aliphatic rings. The molecule has 32 heavy (non-hydrogen) atoms. The average molecular weight is 456 g/mol. The van der Waals surface area contributed by atoms with Crippen LogP contribution in [0.2, 0.25) is 5.02 Å². The first-order chi connectivity index (χ1) is 15.1. The summed E-state index contributed by atoms with van der Waals surface area (Å²) in [6, 6.07) is 16.5. The number of hydrogen-bond donors (Lipinski definition) is 3. The van der Waals surface area contributed by atoms with Gasteiger partial charge in [0.1, 0.15) is 6.10 Å². The Bertz CT molecular complexity index is 1070. The Morgan fingerprint density at radius 2 is 1.78 bits per heavy atom. The van der Waals surface area contributed by atoms with E-state index in [0.717, 1.165) is 22.6 Å². The number of halogens is 1. The molecule has 2 unspecified atom stereocenters. The number of benzene rings is 2. The van der Waals surface area contributed by atoms with Gasteiger partial charge in [0.2, 0.25) is 5.91 Å². The van der Waals surface area contributed by atoms with E-state index < -0.39 is 6.10 Å². The number of hydrogen-bond acceptors (Lipinski definition) is 4. The van der Waals surface area contributed by atoms with Crippen molar-refractivity contribution in [1.82, 2.24) is 15.1 Å². The number of aromatic nitrogens is 2. The Hall–Kier alpha value is -2.67. The van der Waals surface area contributed by atoms with Gasteiger partial charge in [-0.15, -0.1) is 0 Å². The summed E-state index contributed by atoms with van der Waals surface area (Å²) < 4.78 is 1.82. The van der Waals surface area contributed by atoms with Gasteiger partial charge < -0.3 is 15.5 Å². The van der Waals surface area contributed by atoms with Crippen LogP contribution in [-0.2, 0) is 16.8 Å². The number of aliphatic hydroxyl groups excluding tert-OH is 2. The molecule has 0 aliphatic heterocycles. The second-order valence-corrected chi connectivity index (χ2v) is 9.40. The summed E-state index contributed by atoms with van der Waals surface area (Å²) in [4.78, 5) is 12.8. The number of carbonyl (C=O) groups is 1. The number of nitrogens with zero attached hydrogens (tertiary/aromatic N) is 2. The van der Waals surface area contributed by atoms with Crippen LogP contribution < -0.4 is 5.32 Å². The van der Waals surface area contributed by atoms with Crippen molar-refractivity contribution in [3.8, 4) is 5.69 Å². The molecule has 0 radical (unpaired) electrons. The highest BCUT2D eigenvalue weighted by atomic mass is 35.5. The number of carbonyl (C=O) groups excluding carboxylic acids is 1. The average Bonchev–Trinajstić information content (AvgIpc) is 3.21. The van der Waals surface area contributed by atoms with Crippen molar-refractivity contribution in [1.29, 1.82) is 0 Å². The SMILES string of the molecule is CC(C(=O)NCc1cc(C(C)(C)C)nn1-c1cccc(Cl)c1)c1ccc(C(O)CO)cc1. The molecule has 170 valence electrons. The fraction of sp³-hybridized carbons (Fsp3) is 0.360. The molecule has 0 fully saturated rings. The lowest BCUT2D eigenvalue weighted by atomic mass is 9.92. The molecule has 0 bridgehead atoms. The predicted molar refractivity (Wildman–Crippen MR) is 126 cm³/mol. The smallest absolute Gasteiger partial charge is 0.227 e. The predicted octanol–water partition coefficient (Wildman–Crippen LogP) is 4.27. The normalized spacial score (nSPS) is 13.6. The molecule has 2 atom stereocenters. The Kier molecular flexibility index (Phi) is 7.39. The molecule has 1 heterocycles. The van der Waals surface area contributed by atoms with Crippen molar-refractivity contribution >= 4 is 17.5 Å². The number of nitrogens with one attached hydrogen (secondary N) is 1. The monoisotopic (exact) mass is 455 g/mol. The zero-order valence-corrected chi connectivity index (χ0v) is 19.6. The van der Waals surface area contributed by atoms with Crippen molar-refractivity contribution in [3.63, 3.8) is 0 Å². The highest BCUT2D eigenvalue weighted by Gasteiger charge is 2.22. The first-order valence-electron chi connectivity index (χ1n) is 10.6. The van der Waals surface area contributed by atoms with Gasteiger partial charge in [-0.05, 0) is 42.3 Å². The van der Waals surface area contributed by atoms with E-state index in [9.17, 15) is 9.90 Å². The summed E-state index contributed by atoms with van der Waals surface area (Å²) in [5.41, 5.74) is 3.92. The van der Waals surface area contributed by atoms with E-state index in [2.05, 4.69) is 26.1 Å². The quantitative estimate of drug-likeness (QED) is 0.496. The van der Waals surface area contributed by atoms with Crippen molar-refractivity contribution in [3.05, 3.63) is 82.1 Å². The molecule has 6 nitrogen and oxygen atoms in total. The standard InChI is InChI=1S/C25H30ClN3O3/c1-16(17-8-10-18(11-9-17)22(31)15-30)24(32)27-14-21-13-23(25(2,3)4)28-29(21)20-7-5-6-19(26)12-20/h5-13,16,22,30-31H,14-15H2,1-4H3,(H,27,32). The molecule has 2 aromatic carbocycles. The van der Waals surface area contributed by atoms with Gasteiger partial charge in [0.05, 0.1) is 36.1 Å². The minimum atomic E-state index is -0.919. The molecule has 1 aromatic heterocycles. The maximum atomic E-state index is 12.8. The molecule has 7 heteroatoms. The zero-order chi connectivity index (χ0) is 23.5. The Balaban J connectivity index is 1.78. The number of rotatable bonds is 7. The van der Waals surface area contributed by atoms with Crippen LogP contribution in [0, 0.1) is 0 Å². The van der Waals surface area contributed by atoms with Crippen molar-refractivity contribution < 1.29 is 15.0 Å². The fourth-order valence-electron chi connectivity index (χ4n) is 3.34. The molecule has 0 saturated carbocycles. The van der Waals surface area contributed by atoms with Crippen molar-refractivity contribution in [2.24, 2.45) is 0 Å². The third kappa shape index (κ3) is 5.57. The summed E-state index contributed by atoms with van der Waals surface area (Å²) >= 11 is 6.18. The van der Waals surface area contributed by atoms with Gasteiger partial charge >= 0.3 is 0 Å². The third-order valence-corrected chi connectivity index (χ3v) is 5.67. The van der Waals surface area contributed by atoms with Crippen LogP contribution in [0.3, 0.4) is 0 Å². The summed E-state index contributed by atoms with van der Waals surface area (Å²) in [6.07, 6.45) is -0.919. The summed E-state index contributed by atoms with van der Waals surface area (Å²) in [5, 5.41) is 27.2. The highest BCUT2D eigenvalue weighted by molar-refractivity contribution is 6.30. The van der Waals surface area contributed by atoms with E-state index in [4.69, 9.17) is 21.8 Å². The van der Waals surface area contributed by atoms with Gasteiger partial charge in [-0.1, -0.05) is 62.7 Å². The van der Waals surface area contributed by atoms with Crippen LogP contribution in [0.1, 0.15) is 62.2 Å². The van der Waals surface area contributed by atoms with E-state index in [1.807, 2.05) is 41.9 Å². The van der Waals surface area contributed by atoms with Crippen LogP contribution in [-0.4, -0.2) is 32.5 Å². The lowest BCUT2D eigenvalue weighted by Crippen LogP contribution is -2.28. The minimum absolute atomic E-state index is 0.114. The number of amides is 1. The fourth-order valence-corrected chi connectivity index (χ4v) is 3.52. The molecule has 0 saturated heterocycles. The molecule has 3 N–H and O–H groups in total. The van der Waals surface area contributed by atoms with E-state index in [1.54, 1.807) is 24.3 Å². The van der Waals surface area contributed by atoms with Gasteiger partial charge in [0.25, 0.3) is 0 Å². The van der Waals surface area contributed by atoms with Gasteiger partial charge in [-0.2, -0.15) is 5.10 Å². The molecule has 3 aromatic rings. The first-order valence-corrected chi connectivity index (χ1v) is 11.0. The molecule has 0 aliphatic carbocycles. The van der Waals surface area contributed by atoms with Gasteiger partial charge in [-0.25, -0.2) is 4.68 Å². The van der Waals surface area contributed by atoms with Crippen LogP contribution in [0.25, 0.3) is 5.69 Å². The zero-order valence-electron chi connectivity index (χ0n) is 18.8. The lowest BCUT2D eigenvalue weighted by molar-refractivity contribution is -0.122. The Morgan fingerprint density at radius 3 is 2.38 bits per heavy atom. The van der Waals surface area contributed by atoms with Crippen molar-refractivity contribution in [2.75, 3.05) is 6.61 Å². The Labute approximate surface area is 193 Å². The number of aliphatic hydroxyl groups is 2. The molecule has 0 spiro atoms. The largest absolute Gasteiger partial charge is 0.393 e. The maximum absolute atomic E-state index is 12.8. The van der Waals surface area contributed by atoms with Crippen LogP contribution >= 0.6 is 11.6 Å². The summed E-state index contributed by atoms with van der Waals surface area (Å²) in [6.45, 7) is 8.10. The Morgan fingerprint density at radius 1 is 1.12 bits per heavy atom. The first kappa shape index (κ1) is 24.0. The maximum Gasteiger partial charge on any atom is 0.227 e. The third-order valence-electron chi connectivity index (χ3n) is 5.44. The van der Waals surface area contributed by atoms with E-state index in [-0.39, 0.29) is 23.8 Å². The molecule has 1 amide bonds. The van der Waals surface area contributed by atoms with E-state index >= 15 is 0 Å². The molecule has 3 rings (SSSR count). The second kappa shape index (κ2) is 9.86. The van der Waals surface area contributed by atoms with Gasteiger partial charge in [0.15, 0.2) is 0 Å². The summed E-state index contributed by atoms with van der Waals surface area (Å²) in [7, 11) is 0. The summed E-state index contributed by atoms with van der Waals surface area (Å²) in [5.74, 6) is -0.489. The molecular weight excluding hydrogens is 426 g/mol. The minimum Gasteiger partial charge on any atom is -0.393 e. The van der Waals surface area contributed by atoms with Crippen LogP contribution in [0.15, 0.2) is 54.6 Å². The van der Waals surface area contributed by atoms with Crippen LogP contribution in [0.4, 0.5) is 0 Å². The topological polar surface area (TPSA) is 87.4 Å². The highest BCUT2D eigenvalue weighted by Crippen LogP contribution is 2.25. The van der Waals surface area contributed by atoms with Crippen LogP contribution in [0.5, 0.6) is 0 Å². The van der Waals surface area contributed by atoms with E-state index in [0.29, 0.717) is 17.1 Å². The van der Waals surface area contributed by atoms with E-state index in [1.165, 1.54) is 0 Å². The van der Waals surface area contributed by atoms with Gasteiger partial charge in [-0.3, -0.25) is 4.79 Å². The second-order valence-electron chi connectivity index (χ2n) is 8.97.